The zero-order valence-electron chi connectivity index (χ0n) is 4.24. The SMILES string of the molecule is C=CC(N)S(N)(=O)=O. The number of hydrogen-bond donors (Lipinski definition) is 2. The molecule has 48 valence electrons. The predicted octanol–water partition coefficient (Wildman–Crippen LogP) is -1.25. The summed E-state index contributed by atoms with van der Waals surface area (Å²) in [6, 6.07) is 0. The van der Waals surface area contributed by atoms with Gasteiger partial charge >= 0.3 is 0 Å². The van der Waals surface area contributed by atoms with Crippen LogP contribution in [-0.2, 0) is 10.0 Å². The number of hydrogen-bond acceptors (Lipinski definition) is 3. The summed E-state index contributed by atoms with van der Waals surface area (Å²) in [5.74, 6) is 0. The van der Waals surface area contributed by atoms with Crippen LogP contribution in [0.2, 0.25) is 0 Å². The molecule has 8 heavy (non-hydrogen) atoms. The number of rotatable bonds is 2. The zero-order valence-corrected chi connectivity index (χ0v) is 5.06. The maximum absolute atomic E-state index is 10.1. The lowest BCUT2D eigenvalue weighted by molar-refractivity contribution is 0.591. The molecule has 1 atom stereocenters. The van der Waals surface area contributed by atoms with Gasteiger partial charge in [0.15, 0.2) is 0 Å². The lowest BCUT2D eigenvalue weighted by Crippen LogP contribution is -2.33. The highest BCUT2D eigenvalue weighted by Crippen LogP contribution is 1.84. The van der Waals surface area contributed by atoms with Crippen LogP contribution in [0.25, 0.3) is 0 Å². The largest absolute Gasteiger partial charge is 0.311 e. The van der Waals surface area contributed by atoms with Crippen molar-refractivity contribution in [2.24, 2.45) is 10.9 Å². The number of primary sulfonamides is 1. The molecular formula is C3H8N2O2S. The maximum atomic E-state index is 10.1. The van der Waals surface area contributed by atoms with Gasteiger partial charge in [-0.3, -0.25) is 0 Å². The molecule has 0 amide bonds. The Kier molecular flexibility index (Phi) is 2.14. The molecule has 0 heterocycles. The highest BCUT2D eigenvalue weighted by Gasteiger charge is 2.09. The van der Waals surface area contributed by atoms with E-state index >= 15 is 0 Å². The number of sulfonamides is 1. The molecule has 0 aromatic heterocycles. The van der Waals surface area contributed by atoms with Crippen LogP contribution < -0.4 is 10.9 Å². The highest BCUT2D eigenvalue weighted by atomic mass is 32.2. The molecule has 0 aliphatic rings. The van der Waals surface area contributed by atoms with Crippen LogP contribution in [0.4, 0.5) is 0 Å². The summed E-state index contributed by atoms with van der Waals surface area (Å²) < 4.78 is 20.3. The Bertz CT molecular complexity index is 172. The molecule has 0 aromatic rings. The molecule has 0 spiro atoms. The smallest absolute Gasteiger partial charge is 0.228 e. The van der Waals surface area contributed by atoms with E-state index in [1.807, 2.05) is 0 Å². The molecule has 0 aromatic carbocycles. The fraction of sp³-hybridized carbons (Fsp3) is 0.333. The lowest BCUT2D eigenvalue weighted by Gasteiger charge is -1.98. The van der Waals surface area contributed by atoms with Crippen LogP contribution in [0.3, 0.4) is 0 Å². The minimum Gasteiger partial charge on any atom is -0.311 e. The molecule has 0 saturated carbocycles. The summed E-state index contributed by atoms with van der Waals surface area (Å²) in [5.41, 5.74) is 4.92. The van der Waals surface area contributed by atoms with Crippen molar-refractivity contribution in [3.8, 4) is 0 Å². The molecule has 0 aliphatic carbocycles. The highest BCUT2D eigenvalue weighted by molar-refractivity contribution is 7.89. The Morgan fingerprint density at radius 2 is 2.00 bits per heavy atom. The second-order valence-corrected chi connectivity index (χ2v) is 3.01. The second-order valence-electron chi connectivity index (χ2n) is 1.29. The third kappa shape index (κ3) is 2.06. The Hall–Kier alpha value is -0.390. The van der Waals surface area contributed by atoms with Gasteiger partial charge in [0.2, 0.25) is 10.0 Å². The van der Waals surface area contributed by atoms with Crippen LogP contribution in [0, 0.1) is 0 Å². The van der Waals surface area contributed by atoms with E-state index in [0.717, 1.165) is 6.08 Å². The lowest BCUT2D eigenvalue weighted by atomic mass is 10.7. The van der Waals surface area contributed by atoms with Gasteiger partial charge in [-0.25, -0.2) is 13.6 Å². The van der Waals surface area contributed by atoms with Gasteiger partial charge in [-0.1, -0.05) is 6.08 Å². The van der Waals surface area contributed by atoms with Gasteiger partial charge in [0.05, 0.1) is 0 Å². The molecule has 4 nitrogen and oxygen atoms in total. The fourth-order valence-corrected chi connectivity index (χ4v) is 0.402. The van der Waals surface area contributed by atoms with E-state index in [0.29, 0.717) is 0 Å². The van der Waals surface area contributed by atoms with Crippen LogP contribution in [0.5, 0.6) is 0 Å². The monoisotopic (exact) mass is 136 g/mol. The Labute approximate surface area is 48.2 Å². The Balaban J connectivity index is 4.26. The second kappa shape index (κ2) is 2.25. The average Bonchev–Trinajstić information content (AvgIpc) is 1.62. The van der Waals surface area contributed by atoms with Gasteiger partial charge < -0.3 is 5.73 Å². The first kappa shape index (κ1) is 7.61. The molecule has 0 fully saturated rings. The van der Waals surface area contributed by atoms with Crippen LogP contribution in [0.15, 0.2) is 12.7 Å². The van der Waals surface area contributed by atoms with E-state index < -0.39 is 15.4 Å². The first-order valence-electron chi connectivity index (χ1n) is 1.88. The maximum Gasteiger partial charge on any atom is 0.228 e. The molecule has 5 heteroatoms. The van der Waals surface area contributed by atoms with E-state index in [1.54, 1.807) is 0 Å². The third-order valence-corrected chi connectivity index (χ3v) is 1.56. The van der Waals surface area contributed by atoms with Gasteiger partial charge in [-0.15, -0.1) is 6.58 Å². The first-order chi connectivity index (χ1) is 3.48. The molecule has 0 rings (SSSR count). The van der Waals surface area contributed by atoms with E-state index in [4.69, 9.17) is 5.73 Å². The molecule has 4 N–H and O–H groups in total. The van der Waals surface area contributed by atoms with Crippen molar-refractivity contribution in [2.45, 2.75) is 5.37 Å². The van der Waals surface area contributed by atoms with Crippen molar-refractivity contribution in [2.75, 3.05) is 0 Å². The summed E-state index contributed by atoms with van der Waals surface area (Å²) in [4.78, 5) is 0. The van der Waals surface area contributed by atoms with Gasteiger partial charge in [-0.05, 0) is 0 Å². The summed E-state index contributed by atoms with van der Waals surface area (Å²) in [6.45, 7) is 3.14. The minimum absolute atomic E-state index is 1.06. The van der Waals surface area contributed by atoms with Gasteiger partial charge in [0.1, 0.15) is 5.37 Å². The third-order valence-electron chi connectivity index (χ3n) is 0.612. The zero-order chi connectivity index (χ0) is 6.78. The Morgan fingerprint density at radius 1 is 1.62 bits per heavy atom. The van der Waals surface area contributed by atoms with Crippen LogP contribution in [0.1, 0.15) is 0 Å². The summed E-state index contributed by atoms with van der Waals surface area (Å²) >= 11 is 0. The fourth-order valence-electron chi connectivity index (χ4n) is 0.134. The predicted molar refractivity (Wildman–Crippen MR) is 31.3 cm³/mol. The van der Waals surface area contributed by atoms with E-state index in [1.165, 1.54) is 0 Å². The van der Waals surface area contributed by atoms with Crippen molar-refractivity contribution in [1.29, 1.82) is 0 Å². The molecule has 1 unspecified atom stereocenters. The summed E-state index contributed by atoms with van der Waals surface area (Å²) in [7, 11) is -3.59. The van der Waals surface area contributed by atoms with Crippen molar-refractivity contribution >= 4 is 10.0 Å². The topological polar surface area (TPSA) is 86.2 Å². The van der Waals surface area contributed by atoms with Crippen molar-refractivity contribution in [3.63, 3.8) is 0 Å². The van der Waals surface area contributed by atoms with Gasteiger partial charge in [0.25, 0.3) is 0 Å². The number of nitrogens with two attached hydrogens (primary N) is 2. The standard InChI is InChI=1S/C3H8N2O2S/c1-2-3(4)8(5,6)7/h2-3H,1,4H2,(H2,5,6,7). The Morgan fingerprint density at radius 3 is 2.00 bits per heavy atom. The molecule has 0 saturated heterocycles. The van der Waals surface area contributed by atoms with Crippen molar-refractivity contribution in [1.82, 2.24) is 0 Å². The summed E-state index contributed by atoms with van der Waals surface area (Å²) in [6.07, 6.45) is 1.06. The van der Waals surface area contributed by atoms with Gasteiger partial charge in [0, 0.05) is 0 Å². The van der Waals surface area contributed by atoms with Gasteiger partial charge in [-0.2, -0.15) is 0 Å². The van der Waals surface area contributed by atoms with E-state index in [2.05, 4.69) is 11.7 Å². The van der Waals surface area contributed by atoms with Crippen molar-refractivity contribution in [3.05, 3.63) is 12.7 Å². The van der Waals surface area contributed by atoms with Crippen LogP contribution in [-0.4, -0.2) is 13.8 Å². The normalized spacial score (nSPS) is 15.2. The molecule has 0 radical (unpaired) electrons. The van der Waals surface area contributed by atoms with E-state index in [-0.39, 0.29) is 0 Å². The molecule has 0 aliphatic heterocycles. The first-order valence-corrected chi connectivity index (χ1v) is 3.49. The average molecular weight is 136 g/mol. The van der Waals surface area contributed by atoms with E-state index in [9.17, 15) is 8.42 Å². The molecular weight excluding hydrogens is 128 g/mol. The van der Waals surface area contributed by atoms with Crippen LogP contribution >= 0.6 is 0 Å². The molecule has 0 bridgehead atoms. The quantitative estimate of drug-likeness (QED) is 0.465. The minimum atomic E-state index is -3.59. The van der Waals surface area contributed by atoms with Crippen molar-refractivity contribution < 1.29 is 8.42 Å². The summed E-state index contributed by atoms with van der Waals surface area (Å²) in [5, 5.41) is 3.43.